The summed E-state index contributed by atoms with van der Waals surface area (Å²) in [6.07, 6.45) is 6.38. The maximum absolute atomic E-state index is 5.65. The fraction of sp³-hybridized carbons (Fsp3) is 0.500. The Hall–Kier alpha value is -0.800. The number of nitrogens with zero attached hydrogens (tertiary/aromatic N) is 2. The number of hydrogen-bond acceptors (Lipinski definition) is 2. The van der Waals surface area contributed by atoms with Crippen molar-refractivity contribution in [3.63, 3.8) is 0 Å². The van der Waals surface area contributed by atoms with E-state index in [2.05, 4.69) is 21.4 Å². The van der Waals surface area contributed by atoms with Crippen LogP contribution in [0.3, 0.4) is 0 Å². The predicted octanol–water partition coefficient (Wildman–Crippen LogP) is 2.06. The topological polar surface area (TPSA) is 29.9 Å². The highest BCUT2D eigenvalue weighted by atomic mass is 35.5. The Bertz CT molecular complexity index is 328. The van der Waals surface area contributed by atoms with E-state index in [4.69, 9.17) is 11.6 Å². The molecule has 4 heteroatoms. The van der Waals surface area contributed by atoms with Gasteiger partial charge >= 0.3 is 0 Å². The number of halogens is 1. The van der Waals surface area contributed by atoms with Gasteiger partial charge in [0.25, 0.3) is 0 Å². The van der Waals surface area contributed by atoms with Crippen molar-refractivity contribution in [2.75, 3.05) is 6.54 Å². The van der Waals surface area contributed by atoms with Crippen LogP contribution in [0.15, 0.2) is 24.1 Å². The quantitative estimate of drug-likeness (QED) is 0.808. The lowest BCUT2D eigenvalue weighted by Gasteiger charge is -2.06. The van der Waals surface area contributed by atoms with Crippen LogP contribution in [0.5, 0.6) is 0 Å². The molecule has 0 saturated heterocycles. The summed E-state index contributed by atoms with van der Waals surface area (Å²) in [5, 5.41) is 3.86. The molecule has 0 aliphatic heterocycles. The lowest BCUT2D eigenvalue weighted by atomic mass is 10.4. The molecule has 0 aromatic carbocycles. The molecule has 76 valence electrons. The first kappa shape index (κ1) is 9.74. The Morgan fingerprint density at radius 2 is 2.50 bits per heavy atom. The van der Waals surface area contributed by atoms with Gasteiger partial charge in [0.15, 0.2) is 0 Å². The molecule has 14 heavy (non-hydrogen) atoms. The SMILES string of the molecule is C=C(Cl)CNCc1cncn1C1CC1. The van der Waals surface area contributed by atoms with Crippen LogP contribution in [0.1, 0.15) is 24.6 Å². The van der Waals surface area contributed by atoms with E-state index in [-0.39, 0.29) is 0 Å². The minimum absolute atomic E-state index is 0.641. The Morgan fingerprint density at radius 1 is 1.71 bits per heavy atom. The predicted molar refractivity (Wildman–Crippen MR) is 57.2 cm³/mol. The second-order valence-corrected chi connectivity index (χ2v) is 4.18. The Balaban J connectivity index is 1.88. The van der Waals surface area contributed by atoms with E-state index >= 15 is 0 Å². The van der Waals surface area contributed by atoms with E-state index in [9.17, 15) is 0 Å². The van der Waals surface area contributed by atoms with E-state index in [1.165, 1.54) is 18.5 Å². The maximum atomic E-state index is 5.65. The molecule has 1 heterocycles. The van der Waals surface area contributed by atoms with E-state index in [0.717, 1.165) is 6.54 Å². The van der Waals surface area contributed by atoms with Gasteiger partial charge in [-0.3, -0.25) is 0 Å². The molecule has 1 aliphatic carbocycles. The molecule has 0 unspecified atom stereocenters. The summed E-state index contributed by atoms with van der Waals surface area (Å²) in [7, 11) is 0. The van der Waals surface area contributed by atoms with Crippen molar-refractivity contribution in [3.8, 4) is 0 Å². The van der Waals surface area contributed by atoms with Gasteiger partial charge in [-0.1, -0.05) is 18.2 Å². The molecule has 0 bridgehead atoms. The van der Waals surface area contributed by atoms with Crippen LogP contribution in [0, 0.1) is 0 Å². The fourth-order valence-corrected chi connectivity index (χ4v) is 1.57. The van der Waals surface area contributed by atoms with E-state index < -0.39 is 0 Å². The van der Waals surface area contributed by atoms with Crippen LogP contribution in [0.2, 0.25) is 0 Å². The third-order valence-corrected chi connectivity index (χ3v) is 2.44. The van der Waals surface area contributed by atoms with Crippen LogP contribution < -0.4 is 5.32 Å². The largest absolute Gasteiger partial charge is 0.330 e. The zero-order valence-electron chi connectivity index (χ0n) is 8.04. The molecule has 0 amide bonds. The van der Waals surface area contributed by atoms with Gasteiger partial charge in [0.05, 0.1) is 12.0 Å². The summed E-state index contributed by atoms with van der Waals surface area (Å²) >= 11 is 5.65. The summed E-state index contributed by atoms with van der Waals surface area (Å²) < 4.78 is 2.24. The minimum Gasteiger partial charge on any atom is -0.330 e. The van der Waals surface area contributed by atoms with Crippen molar-refractivity contribution in [1.29, 1.82) is 0 Å². The van der Waals surface area contributed by atoms with E-state index in [1.54, 1.807) is 0 Å². The highest BCUT2D eigenvalue weighted by Gasteiger charge is 2.24. The third-order valence-electron chi connectivity index (χ3n) is 2.31. The molecular formula is C10H14ClN3. The van der Waals surface area contributed by atoms with Gasteiger partial charge in [0.2, 0.25) is 0 Å². The molecule has 1 aliphatic rings. The maximum Gasteiger partial charge on any atom is 0.0951 e. The molecule has 2 rings (SSSR count). The van der Waals surface area contributed by atoms with Gasteiger partial charge in [0, 0.05) is 30.4 Å². The molecule has 1 aromatic rings. The van der Waals surface area contributed by atoms with E-state index in [0.29, 0.717) is 17.6 Å². The first-order valence-corrected chi connectivity index (χ1v) is 5.20. The van der Waals surface area contributed by atoms with E-state index in [1.807, 2.05) is 12.5 Å². The van der Waals surface area contributed by atoms with Crippen LogP contribution in [0.25, 0.3) is 0 Å². The second kappa shape index (κ2) is 4.15. The Labute approximate surface area is 88.8 Å². The highest BCUT2D eigenvalue weighted by molar-refractivity contribution is 6.29. The number of imidazole rings is 1. The van der Waals surface area contributed by atoms with Crippen molar-refractivity contribution in [2.24, 2.45) is 0 Å². The van der Waals surface area contributed by atoms with Crippen LogP contribution >= 0.6 is 11.6 Å². The molecule has 1 fully saturated rings. The number of rotatable bonds is 5. The lowest BCUT2D eigenvalue weighted by Crippen LogP contribution is -2.16. The van der Waals surface area contributed by atoms with Crippen LogP contribution in [-0.4, -0.2) is 16.1 Å². The molecule has 0 spiro atoms. The number of aromatic nitrogens is 2. The van der Waals surface area contributed by atoms with Crippen molar-refractivity contribution >= 4 is 11.6 Å². The summed E-state index contributed by atoms with van der Waals surface area (Å²) in [6, 6.07) is 0.688. The normalized spacial score (nSPS) is 15.8. The monoisotopic (exact) mass is 211 g/mol. The lowest BCUT2D eigenvalue weighted by molar-refractivity contribution is 0.645. The molecule has 0 radical (unpaired) electrons. The minimum atomic E-state index is 0.641. The average Bonchev–Trinajstić information content (AvgIpc) is 2.87. The molecule has 0 atom stereocenters. The van der Waals surface area contributed by atoms with Crippen molar-refractivity contribution < 1.29 is 0 Å². The Morgan fingerprint density at radius 3 is 3.14 bits per heavy atom. The number of nitrogens with one attached hydrogen (secondary N) is 1. The second-order valence-electron chi connectivity index (χ2n) is 3.64. The van der Waals surface area contributed by atoms with Gasteiger partial charge in [0.1, 0.15) is 0 Å². The van der Waals surface area contributed by atoms with Gasteiger partial charge in [-0.2, -0.15) is 0 Å². The first-order chi connectivity index (χ1) is 6.77. The smallest absolute Gasteiger partial charge is 0.0951 e. The Kier molecular flexibility index (Phi) is 2.89. The average molecular weight is 212 g/mol. The fourth-order valence-electron chi connectivity index (χ4n) is 1.48. The van der Waals surface area contributed by atoms with Crippen molar-refractivity contribution in [3.05, 3.63) is 29.8 Å². The highest BCUT2D eigenvalue weighted by Crippen LogP contribution is 2.35. The van der Waals surface area contributed by atoms with Crippen LogP contribution in [0.4, 0.5) is 0 Å². The van der Waals surface area contributed by atoms with Gasteiger partial charge in [-0.05, 0) is 12.8 Å². The van der Waals surface area contributed by atoms with Crippen molar-refractivity contribution in [2.45, 2.75) is 25.4 Å². The number of hydrogen-bond donors (Lipinski definition) is 1. The zero-order chi connectivity index (χ0) is 9.97. The first-order valence-electron chi connectivity index (χ1n) is 4.82. The third kappa shape index (κ3) is 2.36. The molecule has 1 saturated carbocycles. The molecule has 1 N–H and O–H groups in total. The van der Waals surface area contributed by atoms with Crippen LogP contribution in [-0.2, 0) is 6.54 Å². The van der Waals surface area contributed by atoms with Gasteiger partial charge in [-0.25, -0.2) is 4.98 Å². The zero-order valence-corrected chi connectivity index (χ0v) is 8.80. The summed E-state index contributed by atoms with van der Waals surface area (Å²) in [5.74, 6) is 0. The summed E-state index contributed by atoms with van der Waals surface area (Å²) in [4.78, 5) is 4.15. The molecular weight excluding hydrogens is 198 g/mol. The van der Waals surface area contributed by atoms with Crippen molar-refractivity contribution in [1.82, 2.24) is 14.9 Å². The summed E-state index contributed by atoms with van der Waals surface area (Å²) in [5.41, 5.74) is 1.23. The summed E-state index contributed by atoms with van der Waals surface area (Å²) in [6.45, 7) is 5.08. The molecule has 3 nitrogen and oxygen atoms in total. The molecule has 1 aromatic heterocycles. The van der Waals surface area contributed by atoms with Gasteiger partial charge < -0.3 is 9.88 Å². The standard InChI is InChI=1S/C10H14ClN3/c1-8(11)4-12-5-10-6-13-7-14(10)9-2-3-9/h6-7,9,12H,1-5H2. The van der Waals surface area contributed by atoms with Gasteiger partial charge in [-0.15, -0.1) is 0 Å².